The lowest BCUT2D eigenvalue weighted by Gasteiger charge is -2.12. The first kappa shape index (κ1) is 19.0. The van der Waals surface area contributed by atoms with Crippen LogP contribution in [0.25, 0.3) is 0 Å². The number of methoxy groups -OCH3 is 1. The molecule has 11 heteroatoms. The zero-order chi connectivity index (χ0) is 18.8. The first-order chi connectivity index (χ1) is 11.7. The smallest absolute Gasteiger partial charge is 0.339 e. The van der Waals surface area contributed by atoms with Gasteiger partial charge in [0, 0.05) is 11.1 Å². The second kappa shape index (κ2) is 7.26. The quantitative estimate of drug-likeness (QED) is 0.463. The maximum absolute atomic E-state index is 12.5. The second-order valence-electron chi connectivity index (χ2n) is 4.66. The van der Waals surface area contributed by atoms with Crippen LogP contribution in [0.2, 0.25) is 10.0 Å². The van der Waals surface area contributed by atoms with E-state index in [0.717, 1.165) is 25.3 Å². The molecule has 0 aliphatic rings. The summed E-state index contributed by atoms with van der Waals surface area (Å²) in [6, 6.07) is 6.89. The Balaban J connectivity index is 2.50. The maximum atomic E-state index is 12.5. The molecule has 0 aliphatic carbocycles. The molecule has 0 saturated heterocycles. The molecule has 0 aliphatic heterocycles. The van der Waals surface area contributed by atoms with Crippen LogP contribution < -0.4 is 4.72 Å². The van der Waals surface area contributed by atoms with E-state index in [1.165, 1.54) is 18.2 Å². The molecular formula is C14H10Cl2N2O6S. The normalized spacial score (nSPS) is 11.0. The van der Waals surface area contributed by atoms with Crippen LogP contribution in [0.15, 0.2) is 41.3 Å². The molecule has 0 saturated carbocycles. The zero-order valence-electron chi connectivity index (χ0n) is 12.5. The van der Waals surface area contributed by atoms with Crippen molar-refractivity contribution in [2.24, 2.45) is 0 Å². The highest BCUT2D eigenvalue weighted by Crippen LogP contribution is 2.29. The fourth-order valence-electron chi connectivity index (χ4n) is 1.89. The molecule has 2 rings (SSSR count). The lowest BCUT2D eigenvalue weighted by molar-refractivity contribution is -0.384. The summed E-state index contributed by atoms with van der Waals surface area (Å²) in [4.78, 5) is 21.5. The van der Waals surface area contributed by atoms with Crippen molar-refractivity contribution in [1.82, 2.24) is 0 Å². The highest BCUT2D eigenvalue weighted by atomic mass is 35.5. The summed E-state index contributed by atoms with van der Waals surface area (Å²) >= 11 is 11.5. The van der Waals surface area contributed by atoms with Crippen molar-refractivity contribution in [3.63, 3.8) is 0 Å². The molecule has 0 aromatic heterocycles. The van der Waals surface area contributed by atoms with E-state index >= 15 is 0 Å². The summed E-state index contributed by atoms with van der Waals surface area (Å²) < 4.78 is 31.7. The van der Waals surface area contributed by atoms with Crippen molar-refractivity contribution in [1.29, 1.82) is 0 Å². The van der Waals surface area contributed by atoms with Gasteiger partial charge in [0.05, 0.1) is 28.2 Å². The number of hydrogen-bond acceptors (Lipinski definition) is 6. The molecule has 0 atom stereocenters. The van der Waals surface area contributed by atoms with Crippen molar-refractivity contribution < 1.29 is 22.9 Å². The van der Waals surface area contributed by atoms with Gasteiger partial charge in [-0.05, 0) is 30.3 Å². The van der Waals surface area contributed by atoms with Crippen LogP contribution in [0.5, 0.6) is 0 Å². The van der Waals surface area contributed by atoms with E-state index in [2.05, 4.69) is 9.46 Å². The van der Waals surface area contributed by atoms with Crippen LogP contribution in [0.3, 0.4) is 0 Å². The summed E-state index contributed by atoms with van der Waals surface area (Å²) in [7, 11) is -3.11. The van der Waals surface area contributed by atoms with E-state index in [4.69, 9.17) is 23.2 Å². The van der Waals surface area contributed by atoms with Gasteiger partial charge in [-0.1, -0.05) is 23.2 Å². The monoisotopic (exact) mass is 404 g/mol. The largest absolute Gasteiger partial charge is 0.465 e. The molecular weight excluding hydrogens is 395 g/mol. The van der Waals surface area contributed by atoms with Crippen LogP contribution in [-0.2, 0) is 14.8 Å². The minimum absolute atomic E-state index is 0.0704. The van der Waals surface area contributed by atoms with Gasteiger partial charge in [0.25, 0.3) is 15.7 Å². The first-order valence-electron chi connectivity index (χ1n) is 6.50. The standard InChI is InChI=1S/C14H10Cl2N2O6S/c1-24-14(19)10-4-2-8(15)6-12(10)17-25(22,23)9-3-5-11(16)13(7-9)18(20)21/h2-7,17H,1H3. The SMILES string of the molecule is COC(=O)c1ccc(Cl)cc1NS(=O)(=O)c1ccc(Cl)c([N+](=O)[O-])c1. The number of ether oxygens (including phenoxy) is 1. The number of nitrogens with zero attached hydrogens (tertiary/aromatic N) is 1. The van der Waals surface area contributed by atoms with Crippen molar-refractivity contribution in [3.8, 4) is 0 Å². The maximum Gasteiger partial charge on any atom is 0.339 e. The number of sulfonamides is 1. The van der Waals surface area contributed by atoms with Gasteiger partial charge in [-0.15, -0.1) is 0 Å². The average molecular weight is 405 g/mol. The number of benzene rings is 2. The van der Waals surface area contributed by atoms with Crippen molar-refractivity contribution in [3.05, 3.63) is 62.1 Å². The number of nitrogens with one attached hydrogen (secondary N) is 1. The Kier molecular flexibility index (Phi) is 5.51. The van der Waals surface area contributed by atoms with E-state index in [9.17, 15) is 23.3 Å². The number of carbonyl (C=O) groups is 1. The van der Waals surface area contributed by atoms with Crippen LogP contribution >= 0.6 is 23.2 Å². The molecule has 0 spiro atoms. The number of anilines is 1. The molecule has 0 bridgehead atoms. The van der Waals surface area contributed by atoms with E-state index in [0.29, 0.717) is 0 Å². The number of rotatable bonds is 5. The molecule has 0 heterocycles. The van der Waals surface area contributed by atoms with E-state index < -0.39 is 31.5 Å². The third-order valence-corrected chi connectivity index (χ3v) is 4.97. The third-order valence-electron chi connectivity index (χ3n) is 3.06. The number of hydrogen-bond donors (Lipinski definition) is 1. The molecule has 1 N–H and O–H groups in total. The summed E-state index contributed by atoms with van der Waals surface area (Å²) in [5, 5.41) is 10.9. The van der Waals surface area contributed by atoms with Gasteiger partial charge in [0.1, 0.15) is 5.02 Å². The Morgan fingerprint density at radius 2 is 1.88 bits per heavy atom. The van der Waals surface area contributed by atoms with Gasteiger partial charge in [-0.3, -0.25) is 14.8 Å². The molecule has 0 unspecified atom stereocenters. The third kappa shape index (κ3) is 4.19. The van der Waals surface area contributed by atoms with Crippen LogP contribution in [-0.4, -0.2) is 26.4 Å². The van der Waals surface area contributed by atoms with Gasteiger partial charge in [-0.25, -0.2) is 13.2 Å². The average Bonchev–Trinajstić information content (AvgIpc) is 2.53. The molecule has 132 valence electrons. The predicted octanol–water partition coefficient (Wildman–Crippen LogP) is 3.49. The van der Waals surface area contributed by atoms with Crippen LogP contribution in [0.1, 0.15) is 10.4 Å². The Bertz CT molecular complexity index is 962. The Morgan fingerprint density at radius 3 is 2.48 bits per heavy atom. The lowest BCUT2D eigenvalue weighted by atomic mass is 10.2. The molecule has 0 amide bonds. The number of carbonyl (C=O) groups excluding carboxylic acids is 1. The molecule has 0 fully saturated rings. The first-order valence-corrected chi connectivity index (χ1v) is 8.74. The van der Waals surface area contributed by atoms with Crippen LogP contribution in [0, 0.1) is 10.1 Å². The lowest BCUT2D eigenvalue weighted by Crippen LogP contribution is -2.16. The Labute approximate surface area is 152 Å². The number of esters is 1. The summed E-state index contributed by atoms with van der Waals surface area (Å²) in [5.41, 5.74) is -0.764. The molecule has 0 radical (unpaired) electrons. The van der Waals surface area contributed by atoms with E-state index in [1.54, 1.807) is 0 Å². The summed E-state index contributed by atoms with van der Waals surface area (Å²) in [5.74, 6) is -0.781. The van der Waals surface area contributed by atoms with Crippen molar-refractivity contribution >= 4 is 50.6 Å². The zero-order valence-corrected chi connectivity index (χ0v) is 14.9. The van der Waals surface area contributed by atoms with Gasteiger partial charge in [-0.2, -0.15) is 0 Å². The van der Waals surface area contributed by atoms with Gasteiger partial charge < -0.3 is 4.74 Å². The summed E-state index contributed by atoms with van der Waals surface area (Å²) in [6.45, 7) is 0. The fourth-order valence-corrected chi connectivity index (χ4v) is 3.34. The molecule has 2 aromatic carbocycles. The number of nitro groups is 1. The van der Waals surface area contributed by atoms with Gasteiger partial charge in [0.2, 0.25) is 0 Å². The van der Waals surface area contributed by atoms with E-state index in [-0.39, 0.29) is 21.3 Å². The topological polar surface area (TPSA) is 116 Å². The number of halogens is 2. The Hall–Kier alpha value is -2.36. The van der Waals surface area contributed by atoms with Crippen molar-refractivity contribution in [2.75, 3.05) is 11.8 Å². The van der Waals surface area contributed by atoms with Gasteiger partial charge >= 0.3 is 5.97 Å². The predicted molar refractivity (Wildman–Crippen MR) is 91.7 cm³/mol. The van der Waals surface area contributed by atoms with Crippen molar-refractivity contribution in [2.45, 2.75) is 4.90 Å². The summed E-state index contributed by atoms with van der Waals surface area (Å²) in [6.07, 6.45) is 0. The number of nitro benzene ring substituents is 1. The highest BCUT2D eigenvalue weighted by Gasteiger charge is 2.23. The molecule has 25 heavy (non-hydrogen) atoms. The minimum atomic E-state index is -4.25. The highest BCUT2D eigenvalue weighted by molar-refractivity contribution is 7.92. The molecule has 2 aromatic rings. The Morgan fingerprint density at radius 1 is 1.20 bits per heavy atom. The fraction of sp³-hybridized carbons (Fsp3) is 0.0714. The van der Waals surface area contributed by atoms with Crippen LogP contribution in [0.4, 0.5) is 11.4 Å². The molecule has 8 nitrogen and oxygen atoms in total. The minimum Gasteiger partial charge on any atom is -0.465 e. The van der Waals surface area contributed by atoms with Gasteiger partial charge in [0.15, 0.2) is 0 Å². The second-order valence-corrected chi connectivity index (χ2v) is 7.18. The van der Waals surface area contributed by atoms with E-state index in [1.807, 2.05) is 0 Å².